The summed E-state index contributed by atoms with van der Waals surface area (Å²) in [6.07, 6.45) is -4.54. The van der Waals surface area contributed by atoms with Crippen LogP contribution in [0.15, 0.2) is 58.7 Å². The highest BCUT2D eigenvalue weighted by atomic mass is 32.1. The lowest BCUT2D eigenvalue weighted by atomic mass is 10.1. The number of anilines is 1. The van der Waals surface area contributed by atoms with E-state index >= 15 is 0 Å². The summed E-state index contributed by atoms with van der Waals surface area (Å²) in [7, 11) is 1.45. The Kier molecular flexibility index (Phi) is 6.80. The van der Waals surface area contributed by atoms with E-state index in [-0.39, 0.29) is 33.6 Å². The zero-order valence-electron chi connectivity index (χ0n) is 18.9. The number of carbonyl (C=O) groups excluding carboxylic acids is 2. The third-order valence-electron chi connectivity index (χ3n) is 5.12. The van der Waals surface area contributed by atoms with E-state index in [2.05, 4.69) is 10.4 Å². The molecule has 0 fully saturated rings. The third-order valence-corrected chi connectivity index (χ3v) is 6.02. The second kappa shape index (κ2) is 9.82. The van der Waals surface area contributed by atoms with Crippen LogP contribution in [0.3, 0.4) is 0 Å². The minimum Gasteiger partial charge on any atom is -0.497 e. The zero-order valence-corrected chi connectivity index (χ0v) is 19.7. The monoisotopic (exact) mass is 517 g/mol. The van der Waals surface area contributed by atoms with Crippen LogP contribution in [0.1, 0.15) is 33.3 Å². The summed E-state index contributed by atoms with van der Waals surface area (Å²) in [5.41, 5.74) is -1.40. The molecular formula is C24H18F3N3O5S. The number of fused-ring (bicyclic) bond motifs is 1. The number of nitrogens with one attached hydrogen (secondary N) is 1. The number of carbonyl (C=O) groups is 2. The number of benzene rings is 2. The number of esters is 1. The quantitative estimate of drug-likeness (QED) is 0.365. The number of rotatable bonds is 6. The van der Waals surface area contributed by atoms with Gasteiger partial charge in [0.1, 0.15) is 10.8 Å². The first-order chi connectivity index (χ1) is 17.1. The number of ether oxygens (including phenoxy) is 2. The Morgan fingerprint density at radius 1 is 1.14 bits per heavy atom. The largest absolute Gasteiger partial charge is 0.497 e. The van der Waals surface area contributed by atoms with Crippen LogP contribution in [-0.2, 0) is 10.9 Å². The van der Waals surface area contributed by atoms with Crippen LogP contribution in [0, 0.1) is 0 Å². The van der Waals surface area contributed by atoms with E-state index in [4.69, 9.17) is 9.47 Å². The van der Waals surface area contributed by atoms with E-state index in [1.54, 1.807) is 31.2 Å². The van der Waals surface area contributed by atoms with E-state index < -0.39 is 29.2 Å². The van der Waals surface area contributed by atoms with Crippen molar-refractivity contribution in [3.63, 3.8) is 0 Å². The Balaban J connectivity index is 1.82. The molecule has 0 aliphatic heterocycles. The van der Waals surface area contributed by atoms with Gasteiger partial charge in [-0.05, 0) is 43.3 Å². The fourth-order valence-corrected chi connectivity index (χ4v) is 4.33. The van der Waals surface area contributed by atoms with E-state index in [9.17, 15) is 27.6 Å². The van der Waals surface area contributed by atoms with E-state index in [0.717, 1.165) is 40.3 Å². The van der Waals surface area contributed by atoms with Crippen molar-refractivity contribution in [3.05, 3.63) is 81.1 Å². The highest BCUT2D eigenvalue weighted by molar-refractivity contribution is 7.16. The van der Waals surface area contributed by atoms with Crippen LogP contribution in [-0.4, -0.2) is 35.4 Å². The molecule has 4 aromatic rings. The van der Waals surface area contributed by atoms with Gasteiger partial charge in [-0.25, -0.2) is 4.79 Å². The maximum absolute atomic E-state index is 13.5. The number of amides is 1. The summed E-state index contributed by atoms with van der Waals surface area (Å²) in [4.78, 5) is 38.9. The summed E-state index contributed by atoms with van der Waals surface area (Å²) in [5.74, 6) is -1.05. The summed E-state index contributed by atoms with van der Waals surface area (Å²) < 4.78 is 49.8. The predicted molar refractivity (Wildman–Crippen MR) is 127 cm³/mol. The fraction of sp³-hybridized carbons (Fsp3) is 0.167. The molecule has 36 heavy (non-hydrogen) atoms. The average Bonchev–Trinajstić information content (AvgIpc) is 3.28. The number of nitrogens with zero attached hydrogens (tertiary/aromatic N) is 2. The molecular weight excluding hydrogens is 499 g/mol. The number of hydrogen-bond acceptors (Lipinski definition) is 7. The van der Waals surface area contributed by atoms with Gasteiger partial charge in [0, 0.05) is 22.4 Å². The van der Waals surface area contributed by atoms with Crippen molar-refractivity contribution < 1.29 is 32.2 Å². The van der Waals surface area contributed by atoms with Gasteiger partial charge in [-0.3, -0.25) is 9.59 Å². The van der Waals surface area contributed by atoms with Crippen LogP contribution < -0.4 is 15.6 Å². The number of aromatic nitrogens is 2. The van der Waals surface area contributed by atoms with Gasteiger partial charge >= 0.3 is 12.1 Å². The van der Waals surface area contributed by atoms with Gasteiger partial charge in [0.2, 0.25) is 0 Å². The number of hydrogen-bond donors (Lipinski definition) is 1. The number of methoxy groups -OCH3 is 1. The molecule has 0 aliphatic rings. The molecule has 2 heterocycles. The maximum Gasteiger partial charge on any atom is 0.416 e. The van der Waals surface area contributed by atoms with Gasteiger partial charge in [-0.1, -0.05) is 6.07 Å². The Hall–Kier alpha value is -4.19. The van der Waals surface area contributed by atoms with Crippen molar-refractivity contribution in [3.8, 4) is 11.4 Å². The topological polar surface area (TPSA) is 99.5 Å². The first kappa shape index (κ1) is 24.9. The Labute approximate surface area is 205 Å². The molecule has 0 radical (unpaired) electrons. The molecule has 4 rings (SSSR count). The Bertz CT molecular complexity index is 1510. The van der Waals surface area contributed by atoms with E-state index in [0.29, 0.717) is 11.4 Å². The van der Waals surface area contributed by atoms with Crippen molar-refractivity contribution in [1.29, 1.82) is 0 Å². The lowest BCUT2D eigenvalue weighted by Gasteiger charge is -2.11. The van der Waals surface area contributed by atoms with Crippen molar-refractivity contribution in [2.24, 2.45) is 0 Å². The smallest absolute Gasteiger partial charge is 0.416 e. The molecule has 0 saturated carbocycles. The van der Waals surface area contributed by atoms with Crippen LogP contribution >= 0.6 is 11.3 Å². The number of halogens is 3. The lowest BCUT2D eigenvalue weighted by molar-refractivity contribution is -0.137. The summed E-state index contributed by atoms with van der Waals surface area (Å²) in [5, 5.41) is 8.52. The molecule has 186 valence electrons. The molecule has 2 aromatic carbocycles. The summed E-state index contributed by atoms with van der Waals surface area (Å²) in [6, 6.07) is 10.1. The normalized spacial score (nSPS) is 11.4. The number of thiophene rings is 1. The maximum atomic E-state index is 13.5. The molecule has 8 nitrogen and oxygen atoms in total. The van der Waals surface area contributed by atoms with Gasteiger partial charge in [0.25, 0.3) is 11.5 Å². The molecule has 1 amide bonds. The zero-order chi connectivity index (χ0) is 26.0. The second-order valence-corrected chi connectivity index (χ2v) is 8.25. The minimum absolute atomic E-state index is 0.00105. The second-order valence-electron chi connectivity index (χ2n) is 7.37. The van der Waals surface area contributed by atoms with Crippen molar-refractivity contribution >= 4 is 39.0 Å². The van der Waals surface area contributed by atoms with Crippen LogP contribution in [0.4, 0.5) is 18.2 Å². The molecule has 1 N–H and O–H groups in total. The summed E-state index contributed by atoms with van der Waals surface area (Å²) in [6.45, 7) is 1.69. The van der Waals surface area contributed by atoms with Crippen LogP contribution in [0.25, 0.3) is 16.5 Å². The van der Waals surface area contributed by atoms with Gasteiger partial charge in [0.05, 0.1) is 30.4 Å². The SMILES string of the molecule is CCOC(=O)c1nn(-c2cccc(OC)c2)c(=O)c2c(NC(=O)c3ccc(C(F)(F)F)cc3)scc12. The Morgan fingerprint density at radius 3 is 2.50 bits per heavy atom. The highest BCUT2D eigenvalue weighted by Gasteiger charge is 2.30. The lowest BCUT2D eigenvalue weighted by Crippen LogP contribution is -2.25. The van der Waals surface area contributed by atoms with Gasteiger partial charge in [0.15, 0.2) is 5.69 Å². The Morgan fingerprint density at radius 2 is 1.86 bits per heavy atom. The van der Waals surface area contributed by atoms with Crippen LogP contribution in [0.2, 0.25) is 0 Å². The van der Waals surface area contributed by atoms with Gasteiger partial charge in [-0.15, -0.1) is 11.3 Å². The molecule has 0 aliphatic carbocycles. The molecule has 0 unspecified atom stereocenters. The van der Waals surface area contributed by atoms with Crippen molar-refractivity contribution in [2.45, 2.75) is 13.1 Å². The van der Waals surface area contributed by atoms with Gasteiger partial charge < -0.3 is 14.8 Å². The molecule has 2 aromatic heterocycles. The fourth-order valence-electron chi connectivity index (χ4n) is 3.40. The van der Waals surface area contributed by atoms with Crippen molar-refractivity contribution in [1.82, 2.24) is 9.78 Å². The van der Waals surface area contributed by atoms with Crippen LogP contribution in [0.5, 0.6) is 5.75 Å². The molecule has 0 saturated heterocycles. The minimum atomic E-state index is -4.54. The molecule has 0 spiro atoms. The van der Waals surface area contributed by atoms with Crippen molar-refractivity contribution in [2.75, 3.05) is 19.0 Å². The first-order valence-electron chi connectivity index (χ1n) is 10.5. The standard InChI is InChI=1S/C24H18F3N3O5S/c1-3-35-23(33)19-17-12-36-21(28-20(31)13-7-9-14(10-8-13)24(25,26)27)18(17)22(32)30(29-19)15-5-4-6-16(11-15)34-2/h4-12H,3H2,1-2H3,(H,28,31). The van der Waals surface area contributed by atoms with E-state index in [1.165, 1.54) is 12.5 Å². The van der Waals surface area contributed by atoms with Gasteiger partial charge in [-0.2, -0.15) is 23.0 Å². The summed E-state index contributed by atoms with van der Waals surface area (Å²) >= 11 is 0.971. The van der Waals surface area contributed by atoms with E-state index in [1.807, 2.05) is 0 Å². The average molecular weight is 517 g/mol. The third kappa shape index (κ3) is 4.80. The molecule has 0 bridgehead atoms. The predicted octanol–water partition coefficient (Wildman–Crippen LogP) is 4.90. The number of alkyl halides is 3. The molecule has 12 heteroatoms. The first-order valence-corrected chi connectivity index (χ1v) is 11.4. The highest BCUT2D eigenvalue weighted by Crippen LogP contribution is 2.32. The molecule has 0 atom stereocenters.